The van der Waals surface area contributed by atoms with E-state index in [2.05, 4.69) is 20.8 Å². The number of hydrogen-bond donors (Lipinski definition) is 2. The number of aliphatic hydroxyl groups is 2. The zero-order valence-corrected chi connectivity index (χ0v) is 8.04. The molecule has 12 heavy (non-hydrogen) atoms. The van der Waals surface area contributed by atoms with Crippen molar-refractivity contribution in [3.05, 3.63) is 0 Å². The quantitative estimate of drug-likeness (QED) is 0.573. The molecule has 0 spiro atoms. The van der Waals surface area contributed by atoms with E-state index in [4.69, 9.17) is 0 Å². The standard InChI is InChI=1S/C10H18O2/c1-9(2)6-4-5-10(9,3)8(12)7(6)11/h6-8,11-12H,4-5H2,1-3H3/t6-,7?,8?,10+/m0/s1. The van der Waals surface area contributed by atoms with Crippen LogP contribution in [-0.4, -0.2) is 22.4 Å². The summed E-state index contributed by atoms with van der Waals surface area (Å²) in [6, 6.07) is 0. The lowest BCUT2D eigenvalue weighted by atomic mass is 9.70. The Hall–Kier alpha value is -0.0800. The molecule has 70 valence electrons. The second-order valence-electron chi connectivity index (χ2n) is 5.22. The summed E-state index contributed by atoms with van der Waals surface area (Å²) in [5, 5.41) is 19.6. The Morgan fingerprint density at radius 2 is 1.75 bits per heavy atom. The Balaban J connectivity index is 2.44. The third kappa shape index (κ3) is 0.647. The highest BCUT2D eigenvalue weighted by atomic mass is 16.3. The van der Waals surface area contributed by atoms with Crippen LogP contribution in [-0.2, 0) is 0 Å². The topological polar surface area (TPSA) is 40.5 Å². The number of fused-ring (bicyclic) bond motifs is 2. The van der Waals surface area contributed by atoms with Crippen molar-refractivity contribution in [1.29, 1.82) is 0 Å². The summed E-state index contributed by atoms with van der Waals surface area (Å²) in [6.07, 6.45) is 1.13. The average Bonchev–Trinajstić information content (AvgIpc) is 2.26. The fourth-order valence-corrected chi connectivity index (χ4v) is 3.29. The minimum absolute atomic E-state index is 0.0584. The zero-order valence-electron chi connectivity index (χ0n) is 8.04. The Labute approximate surface area is 73.6 Å². The molecule has 0 aromatic heterocycles. The maximum Gasteiger partial charge on any atom is 0.0860 e. The van der Waals surface area contributed by atoms with E-state index in [-0.39, 0.29) is 10.8 Å². The smallest absolute Gasteiger partial charge is 0.0860 e. The fourth-order valence-electron chi connectivity index (χ4n) is 3.29. The van der Waals surface area contributed by atoms with Gasteiger partial charge in [0.15, 0.2) is 0 Å². The van der Waals surface area contributed by atoms with Gasteiger partial charge in [-0.05, 0) is 24.2 Å². The van der Waals surface area contributed by atoms with E-state index < -0.39 is 12.2 Å². The molecular weight excluding hydrogens is 152 g/mol. The first-order valence-electron chi connectivity index (χ1n) is 4.77. The minimum Gasteiger partial charge on any atom is -0.390 e. The molecule has 0 saturated heterocycles. The first-order valence-corrected chi connectivity index (χ1v) is 4.77. The third-order valence-electron chi connectivity index (χ3n) is 4.76. The van der Waals surface area contributed by atoms with Crippen molar-refractivity contribution >= 4 is 0 Å². The number of aliphatic hydroxyl groups excluding tert-OH is 2. The molecule has 0 aromatic rings. The van der Waals surface area contributed by atoms with Crippen molar-refractivity contribution in [2.75, 3.05) is 0 Å². The lowest BCUT2D eigenvalue weighted by Gasteiger charge is -2.36. The van der Waals surface area contributed by atoms with E-state index in [0.29, 0.717) is 5.92 Å². The van der Waals surface area contributed by atoms with Gasteiger partial charge in [0.2, 0.25) is 0 Å². The van der Waals surface area contributed by atoms with Crippen molar-refractivity contribution in [3.8, 4) is 0 Å². The molecule has 0 amide bonds. The van der Waals surface area contributed by atoms with Crippen LogP contribution in [0.15, 0.2) is 0 Å². The first-order chi connectivity index (χ1) is 5.41. The molecule has 2 saturated carbocycles. The van der Waals surface area contributed by atoms with Gasteiger partial charge in [-0.25, -0.2) is 0 Å². The summed E-state index contributed by atoms with van der Waals surface area (Å²) in [7, 11) is 0. The van der Waals surface area contributed by atoms with E-state index in [1.165, 1.54) is 0 Å². The summed E-state index contributed by atoms with van der Waals surface area (Å²) in [6.45, 7) is 6.45. The van der Waals surface area contributed by atoms with Crippen molar-refractivity contribution in [3.63, 3.8) is 0 Å². The Bertz CT molecular complexity index is 212. The molecule has 2 aliphatic carbocycles. The van der Waals surface area contributed by atoms with Gasteiger partial charge in [-0.15, -0.1) is 0 Å². The van der Waals surface area contributed by atoms with Crippen LogP contribution in [0.1, 0.15) is 33.6 Å². The first kappa shape index (κ1) is 8.52. The largest absolute Gasteiger partial charge is 0.390 e. The van der Waals surface area contributed by atoms with Crippen molar-refractivity contribution in [2.24, 2.45) is 16.7 Å². The van der Waals surface area contributed by atoms with Crippen molar-refractivity contribution in [2.45, 2.75) is 45.8 Å². The molecule has 2 rings (SSSR count). The van der Waals surface area contributed by atoms with E-state index in [0.717, 1.165) is 12.8 Å². The lowest BCUT2D eigenvalue weighted by Crippen LogP contribution is -2.39. The Kier molecular flexibility index (Phi) is 1.45. The SMILES string of the molecule is CC1(C)[C@H]2CC[C@]1(C)C(O)C2O. The molecule has 2 nitrogen and oxygen atoms in total. The van der Waals surface area contributed by atoms with Crippen molar-refractivity contribution < 1.29 is 10.2 Å². The monoisotopic (exact) mass is 170 g/mol. The second-order valence-corrected chi connectivity index (χ2v) is 5.22. The van der Waals surface area contributed by atoms with Gasteiger partial charge in [-0.2, -0.15) is 0 Å². The Morgan fingerprint density at radius 1 is 1.17 bits per heavy atom. The van der Waals surface area contributed by atoms with Gasteiger partial charge in [0, 0.05) is 5.41 Å². The number of rotatable bonds is 0. The van der Waals surface area contributed by atoms with Crippen LogP contribution in [0.4, 0.5) is 0 Å². The normalized spacial score (nSPS) is 56.2. The van der Waals surface area contributed by atoms with Gasteiger partial charge in [-0.1, -0.05) is 20.8 Å². The summed E-state index contributed by atoms with van der Waals surface area (Å²) in [5.41, 5.74) is 0.0446. The fraction of sp³-hybridized carbons (Fsp3) is 1.00. The van der Waals surface area contributed by atoms with Gasteiger partial charge in [0.1, 0.15) is 0 Å². The van der Waals surface area contributed by atoms with Gasteiger partial charge in [0.25, 0.3) is 0 Å². The number of hydrogen-bond acceptors (Lipinski definition) is 2. The molecule has 2 unspecified atom stereocenters. The minimum atomic E-state index is -0.508. The molecule has 0 aromatic carbocycles. The van der Waals surface area contributed by atoms with Gasteiger partial charge >= 0.3 is 0 Å². The summed E-state index contributed by atoms with van der Waals surface area (Å²) >= 11 is 0. The zero-order chi connectivity index (χ0) is 9.15. The summed E-state index contributed by atoms with van der Waals surface area (Å²) in [5.74, 6) is 0.303. The Morgan fingerprint density at radius 3 is 2.00 bits per heavy atom. The maximum absolute atomic E-state index is 9.83. The van der Waals surface area contributed by atoms with Gasteiger partial charge < -0.3 is 10.2 Å². The van der Waals surface area contributed by atoms with E-state index >= 15 is 0 Å². The van der Waals surface area contributed by atoms with Crippen LogP contribution in [0.25, 0.3) is 0 Å². The molecule has 2 fully saturated rings. The van der Waals surface area contributed by atoms with Crippen LogP contribution < -0.4 is 0 Å². The lowest BCUT2D eigenvalue weighted by molar-refractivity contribution is -0.0508. The maximum atomic E-state index is 9.83. The molecule has 0 heterocycles. The highest BCUT2D eigenvalue weighted by Gasteiger charge is 2.65. The van der Waals surface area contributed by atoms with Gasteiger partial charge in [0.05, 0.1) is 12.2 Å². The molecule has 2 N–H and O–H groups in total. The van der Waals surface area contributed by atoms with E-state index in [1.54, 1.807) is 0 Å². The summed E-state index contributed by atoms with van der Waals surface area (Å²) < 4.78 is 0. The molecule has 2 heteroatoms. The molecule has 0 radical (unpaired) electrons. The van der Waals surface area contributed by atoms with E-state index in [1.807, 2.05) is 0 Å². The average molecular weight is 170 g/mol. The predicted molar refractivity (Wildman–Crippen MR) is 46.6 cm³/mol. The van der Waals surface area contributed by atoms with Crippen molar-refractivity contribution in [1.82, 2.24) is 0 Å². The second kappa shape index (κ2) is 2.05. The third-order valence-corrected chi connectivity index (χ3v) is 4.76. The van der Waals surface area contributed by atoms with Crippen LogP contribution in [0.5, 0.6) is 0 Å². The van der Waals surface area contributed by atoms with Crippen LogP contribution in [0, 0.1) is 16.7 Å². The highest BCUT2D eigenvalue weighted by Crippen LogP contribution is 2.65. The summed E-state index contributed by atoms with van der Waals surface area (Å²) in [4.78, 5) is 0. The molecule has 4 atom stereocenters. The van der Waals surface area contributed by atoms with Crippen LogP contribution in [0.3, 0.4) is 0 Å². The van der Waals surface area contributed by atoms with Gasteiger partial charge in [-0.3, -0.25) is 0 Å². The molecule has 0 aliphatic heterocycles. The highest BCUT2D eigenvalue weighted by molar-refractivity contribution is 5.14. The predicted octanol–water partition coefficient (Wildman–Crippen LogP) is 1.16. The molecule has 2 aliphatic rings. The molecular formula is C10H18O2. The van der Waals surface area contributed by atoms with E-state index in [9.17, 15) is 10.2 Å². The molecule has 2 bridgehead atoms. The van der Waals surface area contributed by atoms with Crippen LogP contribution in [0.2, 0.25) is 0 Å². The van der Waals surface area contributed by atoms with Crippen LogP contribution >= 0.6 is 0 Å².